The van der Waals surface area contributed by atoms with E-state index in [1.54, 1.807) is 11.8 Å². The van der Waals surface area contributed by atoms with Gasteiger partial charge in [-0.3, -0.25) is 29.4 Å². The third-order valence-corrected chi connectivity index (χ3v) is 12.4. The molecule has 3 heterocycles. The monoisotopic (exact) mass is 645 g/mol. The van der Waals surface area contributed by atoms with E-state index in [1.165, 1.54) is 40.5 Å². The van der Waals surface area contributed by atoms with Gasteiger partial charge in [-0.15, -0.1) is 11.8 Å². The summed E-state index contributed by atoms with van der Waals surface area (Å²) in [5.74, 6) is -0.711. The number of rotatable bonds is 6. The molecule has 0 unspecified atom stereocenters. The Bertz CT molecular complexity index is 1870. The number of carbonyl (C=O) groups is 2. The fourth-order valence-electron chi connectivity index (χ4n) is 7.89. The van der Waals surface area contributed by atoms with Crippen LogP contribution in [0.25, 0.3) is 0 Å². The van der Waals surface area contributed by atoms with Gasteiger partial charge >= 0.3 is 4.87 Å². The van der Waals surface area contributed by atoms with Crippen LogP contribution in [0.2, 0.25) is 5.02 Å². The highest BCUT2D eigenvalue weighted by molar-refractivity contribution is 8.00. The van der Waals surface area contributed by atoms with E-state index in [0.29, 0.717) is 17.3 Å². The number of fused-ring (bicyclic) bond motifs is 9. The second-order valence-electron chi connectivity index (χ2n) is 11.7. The maximum atomic E-state index is 13.9. The number of nitro benzene ring substituents is 1. The second kappa shape index (κ2) is 10.3. The van der Waals surface area contributed by atoms with Crippen LogP contribution in [0.5, 0.6) is 5.75 Å². The van der Waals surface area contributed by atoms with Crippen molar-refractivity contribution in [3.05, 3.63) is 114 Å². The Hall–Kier alpha value is -3.93. The Labute approximate surface area is 264 Å². The van der Waals surface area contributed by atoms with Crippen LogP contribution in [0.1, 0.15) is 28.3 Å². The molecule has 7 atom stereocenters. The number of imide groups is 1. The Morgan fingerprint density at radius 2 is 1.61 bits per heavy atom. The van der Waals surface area contributed by atoms with Crippen molar-refractivity contribution < 1.29 is 19.2 Å². The van der Waals surface area contributed by atoms with Crippen molar-refractivity contribution in [3.63, 3.8) is 0 Å². The van der Waals surface area contributed by atoms with Crippen LogP contribution in [0.3, 0.4) is 0 Å². The number of aromatic amines is 1. The van der Waals surface area contributed by atoms with E-state index >= 15 is 0 Å². The van der Waals surface area contributed by atoms with Crippen molar-refractivity contribution in [1.82, 2.24) is 4.98 Å². The van der Waals surface area contributed by atoms with Crippen LogP contribution < -0.4 is 14.5 Å². The average molecular weight is 646 g/mol. The molecule has 9 nitrogen and oxygen atoms in total. The second-order valence-corrected chi connectivity index (χ2v) is 14.4. The molecule has 3 aromatic carbocycles. The van der Waals surface area contributed by atoms with Gasteiger partial charge < -0.3 is 9.72 Å². The van der Waals surface area contributed by atoms with Crippen LogP contribution in [0.15, 0.2) is 82.6 Å². The number of hydrogen-bond donors (Lipinski definition) is 1. The molecule has 2 aliphatic carbocycles. The molecule has 4 aliphatic rings. The van der Waals surface area contributed by atoms with Crippen LogP contribution in [-0.4, -0.2) is 27.0 Å². The molecule has 2 bridgehead atoms. The lowest BCUT2D eigenvalue weighted by Gasteiger charge is -2.43. The summed E-state index contributed by atoms with van der Waals surface area (Å²) in [6, 6.07) is 21.0. The summed E-state index contributed by atoms with van der Waals surface area (Å²) < 4.78 is 6.02. The molecular weight excluding hydrogens is 622 g/mol. The van der Waals surface area contributed by atoms with Crippen molar-refractivity contribution in [2.24, 2.45) is 29.6 Å². The van der Waals surface area contributed by atoms with Gasteiger partial charge in [0.25, 0.3) is 5.69 Å². The van der Waals surface area contributed by atoms with Gasteiger partial charge in [0.1, 0.15) is 12.4 Å². The number of thioether (sulfide) groups is 1. The first-order valence-corrected chi connectivity index (χ1v) is 16.3. The number of nitro groups is 1. The summed E-state index contributed by atoms with van der Waals surface area (Å²) in [5, 5.41) is 12.7. The molecule has 2 aliphatic heterocycles. The third kappa shape index (κ3) is 4.24. The average Bonchev–Trinajstić information content (AvgIpc) is 3.76. The summed E-state index contributed by atoms with van der Waals surface area (Å²) in [6.45, 7) is 0.402. The van der Waals surface area contributed by atoms with Gasteiger partial charge in [0.15, 0.2) is 0 Å². The van der Waals surface area contributed by atoms with Gasteiger partial charge in [-0.2, -0.15) is 0 Å². The van der Waals surface area contributed by atoms with Crippen molar-refractivity contribution in [2.75, 3.05) is 4.90 Å². The largest absolute Gasteiger partial charge is 0.489 e. The summed E-state index contributed by atoms with van der Waals surface area (Å²) in [7, 11) is 0. The molecule has 2 amide bonds. The van der Waals surface area contributed by atoms with Gasteiger partial charge in [0.05, 0.1) is 27.5 Å². The molecule has 1 saturated heterocycles. The number of nitrogens with one attached hydrogen (secondary N) is 1. The van der Waals surface area contributed by atoms with Crippen LogP contribution in [0.4, 0.5) is 11.4 Å². The number of benzene rings is 3. The Morgan fingerprint density at radius 1 is 0.932 bits per heavy atom. The van der Waals surface area contributed by atoms with E-state index in [0.717, 1.165) is 33.2 Å². The Morgan fingerprint density at radius 3 is 2.30 bits per heavy atom. The van der Waals surface area contributed by atoms with Gasteiger partial charge in [0.2, 0.25) is 11.8 Å². The van der Waals surface area contributed by atoms with Crippen LogP contribution >= 0.6 is 34.7 Å². The minimum absolute atomic E-state index is 0.0134. The summed E-state index contributed by atoms with van der Waals surface area (Å²) in [4.78, 5) is 56.0. The minimum atomic E-state index is -0.504. The molecular formula is C32H24ClN3O6S2. The number of ether oxygens (including phenoxy) is 1. The highest BCUT2D eigenvalue weighted by Gasteiger charge is 2.69. The predicted octanol–water partition coefficient (Wildman–Crippen LogP) is 6.25. The number of thiazole rings is 1. The normalized spacial score (nSPS) is 28.1. The summed E-state index contributed by atoms with van der Waals surface area (Å²) in [5.41, 5.74) is 2.32. The quantitative estimate of drug-likeness (QED) is 0.149. The molecule has 0 spiro atoms. The number of H-pyrrole nitrogens is 1. The maximum Gasteiger partial charge on any atom is 0.305 e. The number of halogens is 1. The number of non-ortho nitro benzene ring substituents is 1. The molecule has 1 aromatic heterocycles. The lowest BCUT2D eigenvalue weighted by molar-refractivity contribution is -0.384. The van der Waals surface area contributed by atoms with Crippen molar-refractivity contribution in [1.29, 1.82) is 0 Å². The zero-order valence-corrected chi connectivity index (χ0v) is 25.3. The number of carbonyl (C=O) groups excluding carboxylic acids is 2. The zero-order chi connectivity index (χ0) is 30.3. The van der Waals surface area contributed by atoms with Crippen LogP contribution in [-0.2, 0) is 16.2 Å². The zero-order valence-electron chi connectivity index (χ0n) is 22.9. The van der Waals surface area contributed by atoms with Gasteiger partial charge in [0, 0.05) is 33.2 Å². The van der Waals surface area contributed by atoms with Gasteiger partial charge in [-0.25, -0.2) is 0 Å². The molecule has 2 saturated carbocycles. The minimum Gasteiger partial charge on any atom is -0.489 e. The van der Waals surface area contributed by atoms with E-state index in [1.807, 2.05) is 48.5 Å². The van der Waals surface area contributed by atoms with E-state index in [4.69, 9.17) is 16.3 Å². The number of hydrogen-bond acceptors (Lipinski definition) is 8. The summed E-state index contributed by atoms with van der Waals surface area (Å²) >= 11 is 8.85. The summed E-state index contributed by atoms with van der Waals surface area (Å²) in [6.07, 6.45) is 0.779. The van der Waals surface area contributed by atoms with Crippen molar-refractivity contribution in [2.45, 2.75) is 29.2 Å². The SMILES string of the molecule is O=C1[C@H]2[C@H]3C[C@@H]([C@@H]2C(=O)N1c1ccc([N+](=O)[O-])cc1)[C@H]1[C@H](c2ccc(OCc4ccc(Cl)cc4)cc2)c2sc(=O)[nH]c2S[C@H]31. The molecule has 44 heavy (non-hydrogen) atoms. The highest BCUT2D eigenvalue weighted by atomic mass is 35.5. The lowest BCUT2D eigenvalue weighted by atomic mass is 9.68. The Balaban J connectivity index is 1.10. The number of amides is 2. The maximum absolute atomic E-state index is 13.9. The van der Waals surface area contributed by atoms with E-state index < -0.39 is 16.8 Å². The molecule has 0 radical (unpaired) electrons. The molecule has 12 heteroatoms. The van der Waals surface area contributed by atoms with E-state index in [9.17, 15) is 24.5 Å². The molecule has 1 N–H and O–H groups in total. The van der Waals surface area contributed by atoms with Crippen molar-refractivity contribution in [3.8, 4) is 5.75 Å². The Kier molecular flexibility index (Phi) is 6.48. The van der Waals surface area contributed by atoms with Gasteiger partial charge in [-0.1, -0.05) is 47.2 Å². The number of aromatic nitrogens is 1. The topological polar surface area (TPSA) is 123 Å². The van der Waals surface area contributed by atoms with E-state index in [2.05, 4.69) is 4.98 Å². The standard InChI is InChI=1S/C32H24ClN3O6S2/c33-17-5-1-15(2-6-17)14-42-20-11-3-16(4-12-20)23-24-21-13-22(27(24)43-29-28(23)44-32(39)34-29)26-25(21)30(37)35(31(26)38)18-7-9-19(10-8-18)36(40)41/h1-12,21-27H,13-14H2,(H,34,39)/t21-,22-,23+,24+,25+,26+,27-/m1/s1. The molecule has 4 aromatic rings. The lowest BCUT2D eigenvalue weighted by Crippen LogP contribution is -2.42. The first kappa shape index (κ1) is 27.6. The predicted molar refractivity (Wildman–Crippen MR) is 166 cm³/mol. The number of anilines is 1. The smallest absolute Gasteiger partial charge is 0.305 e. The molecule has 222 valence electrons. The first-order chi connectivity index (χ1) is 21.3. The number of nitrogens with zero attached hydrogens (tertiary/aromatic N) is 2. The van der Waals surface area contributed by atoms with Crippen LogP contribution in [0, 0.1) is 39.7 Å². The first-order valence-electron chi connectivity index (χ1n) is 14.3. The molecule has 3 fully saturated rings. The van der Waals surface area contributed by atoms with E-state index in [-0.39, 0.29) is 51.3 Å². The van der Waals surface area contributed by atoms with Crippen molar-refractivity contribution >= 4 is 57.9 Å². The molecule has 8 rings (SSSR count). The fraction of sp³-hybridized carbons (Fsp3) is 0.281. The third-order valence-electron chi connectivity index (χ3n) is 9.60. The highest BCUT2D eigenvalue weighted by Crippen LogP contribution is 2.68. The fourth-order valence-corrected chi connectivity index (χ4v) is 10.9. The van der Waals surface area contributed by atoms with Gasteiger partial charge in [-0.05, 0) is 71.7 Å².